The highest BCUT2D eigenvalue weighted by Gasteiger charge is 2.03. The lowest BCUT2D eigenvalue weighted by Gasteiger charge is -2.03. The van der Waals surface area contributed by atoms with Crippen LogP contribution in [0.5, 0.6) is 0 Å². The van der Waals surface area contributed by atoms with Gasteiger partial charge in [0.25, 0.3) is 0 Å². The molecule has 1 aromatic heterocycles. The summed E-state index contributed by atoms with van der Waals surface area (Å²) in [7, 11) is 0. The zero-order valence-electron chi connectivity index (χ0n) is 8.00. The van der Waals surface area contributed by atoms with Crippen molar-refractivity contribution in [2.45, 2.75) is 6.42 Å². The molecule has 2 aromatic rings. The lowest BCUT2D eigenvalue weighted by atomic mass is 10.2. The van der Waals surface area contributed by atoms with Gasteiger partial charge < -0.3 is 5.73 Å². The maximum atomic E-state index is 6.04. The molecule has 15 heavy (non-hydrogen) atoms. The van der Waals surface area contributed by atoms with Gasteiger partial charge in [-0.25, -0.2) is 0 Å². The van der Waals surface area contributed by atoms with Crippen LogP contribution in [0.15, 0.2) is 24.3 Å². The Morgan fingerprint density at radius 2 is 2.00 bits per heavy atom. The van der Waals surface area contributed by atoms with Crippen LogP contribution in [-0.4, -0.2) is 11.5 Å². The van der Waals surface area contributed by atoms with Gasteiger partial charge in [-0.1, -0.05) is 23.2 Å². The van der Waals surface area contributed by atoms with Crippen molar-refractivity contribution < 1.29 is 0 Å². The van der Waals surface area contributed by atoms with Crippen molar-refractivity contribution in [2.75, 3.05) is 6.54 Å². The summed E-state index contributed by atoms with van der Waals surface area (Å²) in [5.41, 5.74) is 7.25. The van der Waals surface area contributed by atoms with E-state index in [2.05, 4.69) is 4.98 Å². The number of hydrogen-bond acceptors (Lipinski definition) is 2. The van der Waals surface area contributed by atoms with Gasteiger partial charge in [-0.15, -0.1) is 0 Å². The van der Waals surface area contributed by atoms with Gasteiger partial charge in [0.1, 0.15) is 0 Å². The van der Waals surface area contributed by atoms with Crippen molar-refractivity contribution in [3.63, 3.8) is 0 Å². The summed E-state index contributed by atoms with van der Waals surface area (Å²) >= 11 is 11.9. The van der Waals surface area contributed by atoms with Crippen molar-refractivity contribution in [2.24, 2.45) is 5.73 Å². The van der Waals surface area contributed by atoms with Crippen LogP contribution < -0.4 is 5.73 Å². The van der Waals surface area contributed by atoms with Crippen LogP contribution in [0, 0.1) is 0 Å². The van der Waals surface area contributed by atoms with E-state index < -0.39 is 0 Å². The van der Waals surface area contributed by atoms with E-state index in [4.69, 9.17) is 28.9 Å². The Bertz CT molecular complexity index is 497. The van der Waals surface area contributed by atoms with Crippen LogP contribution in [0.2, 0.25) is 10.0 Å². The molecule has 2 N–H and O–H groups in total. The molecule has 0 saturated heterocycles. The fourth-order valence-corrected chi connectivity index (χ4v) is 2.03. The fraction of sp³-hybridized carbons (Fsp3) is 0.182. The summed E-state index contributed by atoms with van der Waals surface area (Å²) in [4.78, 5) is 4.44. The van der Waals surface area contributed by atoms with Crippen LogP contribution >= 0.6 is 23.2 Å². The Morgan fingerprint density at radius 1 is 1.20 bits per heavy atom. The maximum Gasteiger partial charge on any atom is 0.0735 e. The van der Waals surface area contributed by atoms with Gasteiger partial charge in [-0.05, 0) is 30.8 Å². The van der Waals surface area contributed by atoms with E-state index in [1.54, 1.807) is 6.07 Å². The van der Waals surface area contributed by atoms with Crippen LogP contribution in [0.25, 0.3) is 10.9 Å². The molecule has 0 atom stereocenters. The molecule has 78 valence electrons. The lowest BCUT2D eigenvalue weighted by Crippen LogP contribution is -2.04. The molecule has 0 amide bonds. The molecular weight excluding hydrogens is 231 g/mol. The molecule has 0 saturated carbocycles. The smallest absolute Gasteiger partial charge is 0.0735 e. The Labute approximate surface area is 98.0 Å². The summed E-state index contributed by atoms with van der Waals surface area (Å²) in [5.74, 6) is 0. The highest BCUT2D eigenvalue weighted by molar-refractivity contribution is 6.38. The van der Waals surface area contributed by atoms with Gasteiger partial charge in [0.2, 0.25) is 0 Å². The highest BCUT2D eigenvalue weighted by Crippen LogP contribution is 2.26. The number of rotatable bonds is 2. The molecule has 0 spiro atoms. The van der Waals surface area contributed by atoms with Gasteiger partial charge in [0.15, 0.2) is 0 Å². The van der Waals surface area contributed by atoms with Crippen LogP contribution in [0.3, 0.4) is 0 Å². The first-order valence-electron chi connectivity index (χ1n) is 4.65. The quantitative estimate of drug-likeness (QED) is 0.877. The first kappa shape index (κ1) is 10.7. The molecule has 0 unspecified atom stereocenters. The zero-order chi connectivity index (χ0) is 10.8. The third-order valence-electron chi connectivity index (χ3n) is 2.18. The third-order valence-corrected chi connectivity index (χ3v) is 2.71. The number of nitrogens with two attached hydrogens (primary N) is 1. The first-order valence-corrected chi connectivity index (χ1v) is 5.41. The Kier molecular flexibility index (Phi) is 3.10. The molecular formula is C11H10Cl2N2. The minimum Gasteiger partial charge on any atom is -0.330 e. The third kappa shape index (κ3) is 2.23. The van der Waals surface area contributed by atoms with E-state index in [-0.39, 0.29) is 0 Å². The SMILES string of the molecule is NCCc1ccc2c(Cl)cc(Cl)cc2n1. The average Bonchev–Trinajstić information content (AvgIpc) is 2.17. The second kappa shape index (κ2) is 4.35. The van der Waals surface area contributed by atoms with E-state index in [1.165, 1.54) is 0 Å². The van der Waals surface area contributed by atoms with Crippen molar-refractivity contribution in [1.82, 2.24) is 4.98 Å². The Hall–Kier alpha value is -0.830. The van der Waals surface area contributed by atoms with Crippen molar-refractivity contribution in [3.05, 3.63) is 40.0 Å². The predicted molar refractivity (Wildman–Crippen MR) is 64.5 cm³/mol. The molecule has 2 rings (SSSR count). The Morgan fingerprint density at radius 3 is 2.73 bits per heavy atom. The first-order chi connectivity index (χ1) is 7.20. The molecule has 2 nitrogen and oxygen atoms in total. The second-order valence-electron chi connectivity index (χ2n) is 3.30. The average molecular weight is 241 g/mol. The van der Waals surface area contributed by atoms with Gasteiger partial charge in [-0.2, -0.15) is 0 Å². The molecule has 1 aromatic carbocycles. The van der Waals surface area contributed by atoms with E-state index >= 15 is 0 Å². The molecule has 4 heteroatoms. The molecule has 0 fully saturated rings. The summed E-state index contributed by atoms with van der Waals surface area (Å²) < 4.78 is 0. The van der Waals surface area contributed by atoms with Crippen molar-refractivity contribution in [1.29, 1.82) is 0 Å². The molecule has 1 heterocycles. The van der Waals surface area contributed by atoms with Crippen LogP contribution in [-0.2, 0) is 6.42 Å². The standard InChI is InChI=1S/C11H10Cl2N2/c12-7-5-10(13)9-2-1-8(3-4-14)15-11(9)6-7/h1-2,5-6H,3-4,14H2. The van der Waals surface area contributed by atoms with E-state index in [0.717, 1.165) is 23.0 Å². The predicted octanol–water partition coefficient (Wildman–Crippen LogP) is 3.04. The minimum absolute atomic E-state index is 0.590. The summed E-state index contributed by atoms with van der Waals surface area (Å²) in [5, 5.41) is 2.15. The zero-order valence-corrected chi connectivity index (χ0v) is 9.52. The largest absolute Gasteiger partial charge is 0.330 e. The number of halogens is 2. The van der Waals surface area contributed by atoms with Gasteiger partial charge in [0.05, 0.1) is 10.5 Å². The van der Waals surface area contributed by atoms with Gasteiger partial charge in [-0.3, -0.25) is 4.98 Å². The number of pyridine rings is 1. The summed E-state index contributed by atoms with van der Waals surface area (Å²) in [6.07, 6.45) is 0.764. The van der Waals surface area contributed by atoms with E-state index in [1.807, 2.05) is 18.2 Å². The van der Waals surface area contributed by atoms with Crippen LogP contribution in [0.1, 0.15) is 5.69 Å². The second-order valence-corrected chi connectivity index (χ2v) is 4.14. The van der Waals surface area contributed by atoms with Gasteiger partial charge in [0, 0.05) is 22.5 Å². The maximum absolute atomic E-state index is 6.04. The number of hydrogen-bond donors (Lipinski definition) is 1. The molecule has 0 aliphatic carbocycles. The van der Waals surface area contributed by atoms with Crippen molar-refractivity contribution >= 4 is 34.1 Å². The Balaban J connectivity index is 2.60. The lowest BCUT2D eigenvalue weighted by molar-refractivity contribution is 0.932. The fourth-order valence-electron chi connectivity index (χ4n) is 1.49. The molecule has 0 aliphatic heterocycles. The topological polar surface area (TPSA) is 38.9 Å². The molecule has 0 aliphatic rings. The summed E-state index contributed by atoms with van der Waals surface area (Å²) in [6, 6.07) is 7.42. The number of nitrogens with zero attached hydrogens (tertiary/aromatic N) is 1. The van der Waals surface area contributed by atoms with Crippen LogP contribution in [0.4, 0.5) is 0 Å². The molecule has 0 bridgehead atoms. The highest BCUT2D eigenvalue weighted by atomic mass is 35.5. The number of aromatic nitrogens is 1. The van der Waals surface area contributed by atoms with E-state index in [0.29, 0.717) is 16.6 Å². The van der Waals surface area contributed by atoms with E-state index in [9.17, 15) is 0 Å². The number of fused-ring (bicyclic) bond motifs is 1. The monoisotopic (exact) mass is 240 g/mol. The van der Waals surface area contributed by atoms with Gasteiger partial charge >= 0.3 is 0 Å². The minimum atomic E-state index is 0.590. The normalized spacial score (nSPS) is 10.9. The number of benzene rings is 1. The summed E-state index contributed by atoms with van der Waals surface area (Å²) in [6.45, 7) is 0.590. The van der Waals surface area contributed by atoms with Crippen molar-refractivity contribution in [3.8, 4) is 0 Å². The molecule has 0 radical (unpaired) electrons.